The Balaban J connectivity index is 1.88. The molecule has 0 saturated carbocycles. The maximum absolute atomic E-state index is 13.3. The van der Waals surface area contributed by atoms with Gasteiger partial charge in [0.2, 0.25) is 10.0 Å². The van der Waals surface area contributed by atoms with E-state index in [2.05, 4.69) is 5.32 Å². The summed E-state index contributed by atoms with van der Waals surface area (Å²) >= 11 is 0. The van der Waals surface area contributed by atoms with Crippen LogP contribution in [-0.4, -0.2) is 37.4 Å². The van der Waals surface area contributed by atoms with Crippen molar-refractivity contribution in [2.45, 2.75) is 55.6 Å². The Morgan fingerprint density at radius 2 is 1.95 bits per heavy atom. The Kier molecular flexibility index (Phi) is 4.03. The lowest BCUT2D eigenvalue weighted by Gasteiger charge is -2.36. The summed E-state index contributed by atoms with van der Waals surface area (Å²) in [5.74, 6) is -0.516. The van der Waals surface area contributed by atoms with Gasteiger partial charge in [-0.2, -0.15) is 4.31 Å². The van der Waals surface area contributed by atoms with Gasteiger partial charge in [0.25, 0.3) is 0 Å². The van der Waals surface area contributed by atoms with Gasteiger partial charge in [-0.15, -0.1) is 0 Å². The van der Waals surface area contributed by atoms with Crippen LogP contribution in [0.3, 0.4) is 0 Å². The molecule has 2 saturated heterocycles. The predicted molar refractivity (Wildman–Crippen MR) is 78.9 cm³/mol. The van der Waals surface area contributed by atoms with Crippen LogP contribution in [0.25, 0.3) is 0 Å². The van der Waals surface area contributed by atoms with Crippen molar-refractivity contribution in [2.75, 3.05) is 6.54 Å². The second-order valence-corrected chi connectivity index (χ2v) is 7.82. The van der Waals surface area contributed by atoms with E-state index < -0.39 is 15.8 Å². The Morgan fingerprint density at radius 3 is 2.52 bits per heavy atom. The molecule has 0 aromatic heterocycles. The maximum Gasteiger partial charge on any atom is 0.243 e. The number of halogens is 1. The lowest BCUT2D eigenvalue weighted by atomic mass is 10.00. The van der Waals surface area contributed by atoms with Crippen molar-refractivity contribution in [3.8, 4) is 0 Å². The summed E-state index contributed by atoms with van der Waals surface area (Å²) < 4.78 is 40.5. The van der Waals surface area contributed by atoms with E-state index in [1.165, 1.54) is 18.2 Å². The van der Waals surface area contributed by atoms with E-state index >= 15 is 0 Å². The Bertz CT molecular complexity index is 608. The first-order valence-electron chi connectivity index (χ1n) is 7.54. The van der Waals surface area contributed by atoms with E-state index in [9.17, 15) is 12.8 Å². The van der Waals surface area contributed by atoms with Crippen molar-refractivity contribution in [2.24, 2.45) is 0 Å². The molecule has 2 unspecified atom stereocenters. The highest BCUT2D eigenvalue weighted by Gasteiger charge is 2.39. The third-order valence-corrected chi connectivity index (χ3v) is 6.59. The number of hydrogen-bond acceptors (Lipinski definition) is 3. The molecule has 4 nitrogen and oxygen atoms in total. The molecule has 2 heterocycles. The predicted octanol–water partition coefficient (Wildman–Crippen LogP) is 2.12. The molecule has 0 amide bonds. The van der Waals surface area contributed by atoms with Gasteiger partial charge in [0, 0.05) is 24.7 Å². The molecule has 0 radical (unpaired) electrons. The number of nitrogens with zero attached hydrogens (tertiary/aromatic N) is 1. The fraction of sp³-hybridized carbons (Fsp3) is 0.600. The summed E-state index contributed by atoms with van der Waals surface area (Å²) in [6, 6.07) is 6.14. The molecule has 21 heavy (non-hydrogen) atoms. The van der Waals surface area contributed by atoms with Crippen molar-refractivity contribution < 1.29 is 12.8 Å². The van der Waals surface area contributed by atoms with E-state index in [0.29, 0.717) is 18.6 Å². The van der Waals surface area contributed by atoms with Gasteiger partial charge in [0.15, 0.2) is 0 Å². The Hall–Kier alpha value is -0.980. The van der Waals surface area contributed by atoms with Crippen molar-refractivity contribution in [1.29, 1.82) is 0 Å². The van der Waals surface area contributed by atoms with Crippen molar-refractivity contribution >= 4 is 10.0 Å². The summed E-state index contributed by atoms with van der Waals surface area (Å²) in [6.07, 6.45) is 3.94. The molecule has 2 atom stereocenters. The zero-order chi connectivity index (χ0) is 15.0. The molecular weight excluding hydrogens is 291 g/mol. The van der Waals surface area contributed by atoms with E-state index in [0.717, 1.165) is 31.7 Å². The second kappa shape index (κ2) is 5.66. The normalized spacial score (nSPS) is 29.0. The summed E-state index contributed by atoms with van der Waals surface area (Å²) in [6.45, 7) is 2.27. The number of piperidine rings is 1. The molecular formula is C15H21FN2O2S. The smallest absolute Gasteiger partial charge is 0.243 e. The largest absolute Gasteiger partial charge is 0.311 e. The average molecular weight is 312 g/mol. The monoisotopic (exact) mass is 312 g/mol. The standard InChI is InChI=1S/C15H21FN2O2S/c1-2-18(14-9-12-6-7-13(10-14)17-12)21(19,20)15-5-3-4-11(16)8-15/h3-5,8,12-14,17H,2,6-7,9-10H2,1H3. The minimum Gasteiger partial charge on any atom is -0.311 e. The quantitative estimate of drug-likeness (QED) is 0.926. The van der Waals surface area contributed by atoms with Crippen LogP contribution in [0.1, 0.15) is 32.6 Å². The highest BCUT2D eigenvalue weighted by atomic mass is 32.2. The molecule has 0 spiro atoms. The molecule has 6 heteroatoms. The first-order chi connectivity index (χ1) is 10.0. The molecule has 1 aromatic carbocycles. The third kappa shape index (κ3) is 2.84. The minimum atomic E-state index is -3.63. The molecule has 116 valence electrons. The van der Waals surface area contributed by atoms with Gasteiger partial charge in [-0.3, -0.25) is 0 Å². The molecule has 3 rings (SSSR count). The molecule has 2 aliphatic heterocycles. The lowest BCUT2D eigenvalue weighted by Crippen LogP contribution is -2.50. The van der Waals surface area contributed by atoms with E-state index in [4.69, 9.17) is 0 Å². The highest BCUT2D eigenvalue weighted by Crippen LogP contribution is 2.32. The van der Waals surface area contributed by atoms with Crippen molar-refractivity contribution in [1.82, 2.24) is 9.62 Å². The molecule has 2 aliphatic rings. The third-order valence-electron chi connectivity index (χ3n) is 4.57. The topological polar surface area (TPSA) is 49.4 Å². The zero-order valence-corrected chi connectivity index (χ0v) is 12.9. The minimum absolute atomic E-state index is 0.0158. The fourth-order valence-electron chi connectivity index (χ4n) is 3.65. The first kappa shape index (κ1) is 14.9. The van der Waals surface area contributed by atoms with Gasteiger partial charge in [0.1, 0.15) is 5.82 Å². The summed E-state index contributed by atoms with van der Waals surface area (Å²) in [7, 11) is -3.63. The van der Waals surface area contributed by atoms with Crippen LogP contribution >= 0.6 is 0 Å². The van der Waals surface area contributed by atoms with Gasteiger partial charge in [-0.05, 0) is 43.9 Å². The maximum atomic E-state index is 13.3. The number of rotatable bonds is 4. The number of hydrogen-bond donors (Lipinski definition) is 1. The SMILES string of the molecule is CCN(C1CC2CCC(C1)N2)S(=O)(=O)c1cccc(F)c1. The number of nitrogens with one attached hydrogen (secondary N) is 1. The van der Waals surface area contributed by atoms with Crippen LogP contribution in [0.2, 0.25) is 0 Å². The fourth-order valence-corrected chi connectivity index (χ4v) is 5.34. The van der Waals surface area contributed by atoms with Crippen LogP contribution in [0, 0.1) is 5.82 Å². The van der Waals surface area contributed by atoms with Crippen molar-refractivity contribution in [3.63, 3.8) is 0 Å². The molecule has 1 N–H and O–H groups in total. The van der Waals surface area contributed by atoms with Gasteiger partial charge >= 0.3 is 0 Å². The number of sulfonamides is 1. The second-order valence-electron chi connectivity index (χ2n) is 5.93. The lowest BCUT2D eigenvalue weighted by molar-refractivity contribution is 0.232. The van der Waals surface area contributed by atoms with Gasteiger partial charge in [0.05, 0.1) is 4.90 Å². The molecule has 0 aliphatic carbocycles. The average Bonchev–Trinajstić information content (AvgIpc) is 2.78. The Labute approximate surface area is 125 Å². The first-order valence-corrected chi connectivity index (χ1v) is 8.98. The summed E-state index contributed by atoms with van der Waals surface area (Å²) in [5.41, 5.74) is 0. The number of fused-ring (bicyclic) bond motifs is 2. The summed E-state index contributed by atoms with van der Waals surface area (Å²) in [5, 5.41) is 3.52. The van der Waals surface area contributed by atoms with Crippen LogP contribution < -0.4 is 5.32 Å². The van der Waals surface area contributed by atoms with Crippen LogP contribution in [-0.2, 0) is 10.0 Å². The van der Waals surface area contributed by atoms with Crippen LogP contribution in [0.15, 0.2) is 29.2 Å². The van der Waals surface area contributed by atoms with Crippen molar-refractivity contribution in [3.05, 3.63) is 30.1 Å². The summed E-state index contributed by atoms with van der Waals surface area (Å²) in [4.78, 5) is 0.0511. The highest BCUT2D eigenvalue weighted by molar-refractivity contribution is 7.89. The van der Waals surface area contributed by atoms with Crippen LogP contribution in [0.4, 0.5) is 4.39 Å². The van der Waals surface area contributed by atoms with E-state index in [1.807, 2.05) is 6.92 Å². The van der Waals surface area contributed by atoms with Gasteiger partial charge in [-0.1, -0.05) is 13.0 Å². The zero-order valence-electron chi connectivity index (χ0n) is 12.1. The molecule has 2 fully saturated rings. The van der Waals surface area contributed by atoms with E-state index in [1.54, 1.807) is 4.31 Å². The van der Waals surface area contributed by atoms with Gasteiger partial charge in [-0.25, -0.2) is 12.8 Å². The van der Waals surface area contributed by atoms with Gasteiger partial charge < -0.3 is 5.32 Å². The Morgan fingerprint density at radius 1 is 1.29 bits per heavy atom. The molecule has 1 aromatic rings. The van der Waals surface area contributed by atoms with E-state index in [-0.39, 0.29) is 10.9 Å². The molecule has 2 bridgehead atoms. The number of benzene rings is 1. The van der Waals surface area contributed by atoms with Crippen LogP contribution in [0.5, 0.6) is 0 Å².